The molecule has 0 amide bonds. The van der Waals surface area contributed by atoms with Crippen molar-refractivity contribution in [3.05, 3.63) is 45.4 Å². The molecule has 3 nitrogen and oxygen atoms in total. The number of aryl methyl sites for hydroxylation is 2. The summed E-state index contributed by atoms with van der Waals surface area (Å²) in [5.74, 6) is -3.14. The van der Waals surface area contributed by atoms with E-state index in [-0.39, 0.29) is 12.2 Å². The molecule has 0 atom stereocenters. The number of nitrogens with zero attached hydrogens (tertiary/aromatic N) is 2. The van der Waals surface area contributed by atoms with Crippen LogP contribution in [0.1, 0.15) is 18.3 Å². The van der Waals surface area contributed by atoms with Crippen molar-refractivity contribution in [2.75, 3.05) is 5.32 Å². The number of hydrogen-bond acceptors (Lipinski definition) is 2. The van der Waals surface area contributed by atoms with Gasteiger partial charge in [-0.05, 0) is 29.8 Å². The highest BCUT2D eigenvalue weighted by Crippen LogP contribution is 2.24. The number of aromatic nitrogens is 2. The second kappa shape index (κ2) is 5.87. The van der Waals surface area contributed by atoms with Gasteiger partial charge in [0.05, 0.1) is 28.1 Å². The van der Waals surface area contributed by atoms with Crippen LogP contribution in [0.15, 0.2) is 16.6 Å². The van der Waals surface area contributed by atoms with E-state index in [1.807, 2.05) is 13.8 Å². The Hall–Kier alpha value is -1.50. The summed E-state index contributed by atoms with van der Waals surface area (Å²) in [4.78, 5) is 0. The molecule has 1 aromatic heterocycles. The van der Waals surface area contributed by atoms with Crippen LogP contribution in [-0.2, 0) is 13.1 Å². The predicted octanol–water partition coefficient (Wildman–Crippen LogP) is 4.00. The minimum atomic E-state index is -1.22. The zero-order valence-electron chi connectivity index (χ0n) is 11.0. The van der Waals surface area contributed by atoms with E-state index in [1.54, 1.807) is 4.68 Å². The average Bonchev–Trinajstić information content (AvgIpc) is 2.68. The molecule has 0 radical (unpaired) electrons. The van der Waals surface area contributed by atoms with Gasteiger partial charge in [0, 0.05) is 18.7 Å². The second-order valence-corrected chi connectivity index (χ2v) is 5.06. The standard InChI is InChI=1S/C13H13BrF3N3/c1-3-20-11(12(14)7(2)19-20)6-18-10-5-8(15)4-9(16)13(10)17/h4-5,18H,3,6H2,1-2H3. The van der Waals surface area contributed by atoms with Crippen LogP contribution in [0.3, 0.4) is 0 Å². The Morgan fingerprint density at radius 3 is 2.65 bits per heavy atom. The van der Waals surface area contributed by atoms with Crippen LogP contribution in [0.4, 0.5) is 18.9 Å². The van der Waals surface area contributed by atoms with Crippen molar-refractivity contribution in [3.8, 4) is 0 Å². The highest BCUT2D eigenvalue weighted by Gasteiger charge is 2.14. The lowest BCUT2D eigenvalue weighted by molar-refractivity contribution is 0.497. The maximum atomic E-state index is 13.5. The second-order valence-electron chi connectivity index (χ2n) is 4.26. The summed E-state index contributed by atoms with van der Waals surface area (Å²) in [6, 6.07) is 1.43. The van der Waals surface area contributed by atoms with Crippen LogP contribution in [0.5, 0.6) is 0 Å². The van der Waals surface area contributed by atoms with E-state index in [4.69, 9.17) is 0 Å². The Labute approximate surface area is 122 Å². The first-order chi connectivity index (χ1) is 9.43. The fourth-order valence-corrected chi connectivity index (χ4v) is 2.33. The summed E-state index contributed by atoms with van der Waals surface area (Å²) in [6.07, 6.45) is 0. The van der Waals surface area contributed by atoms with Gasteiger partial charge in [0.2, 0.25) is 0 Å². The monoisotopic (exact) mass is 347 g/mol. The highest BCUT2D eigenvalue weighted by molar-refractivity contribution is 9.10. The third-order valence-corrected chi connectivity index (χ3v) is 3.92. The van der Waals surface area contributed by atoms with Gasteiger partial charge >= 0.3 is 0 Å². The zero-order valence-corrected chi connectivity index (χ0v) is 12.6. The zero-order chi connectivity index (χ0) is 14.9. The summed E-state index contributed by atoms with van der Waals surface area (Å²) >= 11 is 3.40. The first-order valence-electron chi connectivity index (χ1n) is 6.04. The number of benzene rings is 1. The molecule has 0 aliphatic heterocycles. The largest absolute Gasteiger partial charge is 0.377 e. The van der Waals surface area contributed by atoms with Crippen LogP contribution in [0, 0.1) is 24.4 Å². The van der Waals surface area contributed by atoms with E-state index < -0.39 is 17.5 Å². The van der Waals surface area contributed by atoms with Crippen molar-refractivity contribution >= 4 is 21.6 Å². The van der Waals surface area contributed by atoms with Crippen molar-refractivity contribution in [3.63, 3.8) is 0 Å². The lowest BCUT2D eigenvalue weighted by Gasteiger charge is -2.10. The van der Waals surface area contributed by atoms with E-state index in [2.05, 4.69) is 26.3 Å². The maximum Gasteiger partial charge on any atom is 0.182 e. The Balaban J connectivity index is 2.25. The molecule has 2 rings (SSSR count). The third-order valence-electron chi connectivity index (χ3n) is 2.89. The number of nitrogens with one attached hydrogen (secondary N) is 1. The fraction of sp³-hybridized carbons (Fsp3) is 0.308. The number of rotatable bonds is 4. The molecular formula is C13H13BrF3N3. The number of anilines is 1. The summed E-state index contributed by atoms with van der Waals surface area (Å²) in [5, 5.41) is 6.98. The molecule has 20 heavy (non-hydrogen) atoms. The van der Waals surface area contributed by atoms with Gasteiger partial charge in [-0.25, -0.2) is 13.2 Å². The lowest BCUT2D eigenvalue weighted by Crippen LogP contribution is -2.10. The van der Waals surface area contributed by atoms with Crippen LogP contribution in [-0.4, -0.2) is 9.78 Å². The summed E-state index contributed by atoms with van der Waals surface area (Å²) in [6.45, 7) is 4.60. The molecule has 0 aliphatic rings. The van der Waals surface area contributed by atoms with Crippen LogP contribution < -0.4 is 5.32 Å². The minimum Gasteiger partial charge on any atom is -0.377 e. The molecule has 0 saturated heterocycles. The van der Waals surface area contributed by atoms with Gasteiger partial charge < -0.3 is 5.32 Å². The topological polar surface area (TPSA) is 29.9 Å². The van der Waals surface area contributed by atoms with Crippen molar-refractivity contribution in [2.24, 2.45) is 0 Å². The van der Waals surface area contributed by atoms with Gasteiger partial charge in [0.25, 0.3) is 0 Å². The smallest absolute Gasteiger partial charge is 0.182 e. The van der Waals surface area contributed by atoms with Gasteiger partial charge in [-0.1, -0.05) is 0 Å². The highest BCUT2D eigenvalue weighted by atomic mass is 79.9. The summed E-state index contributed by atoms with van der Waals surface area (Å²) in [5.41, 5.74) is 1.37. The summed E-state index contributed by atoms with van der Waals surface area (Å²) < 4.78 is 42.3. The van der Waals surface area contributed by atoms with Gasteiger partial charge in [-0.3, -0.25) is 4.68 Å². The van der Waals surface area contributed by atoms with Crippen molar-refractivity contribution in [1.82, 2.24) is 9.78 Å². The van der Waals surface area contributed by atoms with E-state index in [9.17, 15) is 13.2 Å². The lowest BCUT2D eigenvalue weighted by atomic mass is 10.2. The fourth-order valence-electron chi connectivity index (χ4n) is 1.90. The van der Waals surface area contributed by atoms with Crippen LogP contribution >= 0.6 is 15.9 Å². The Morgan fingerprint density at radius 1 is 1.30 bits per heavy atom. The molecule has 0 fully saturated rings. The van der Waals surface area contributed by atoms with E-state index in [1.165, 1.54) is 0 Å². The summed E-state index contributed by atoms with van der Waals surface area (Å²) in [7, 11) is 0. The molecule has 7 heteroatoms. The third kappa shape index (κ3) is 2.82. The van der Waals surface area contributed by atoms with Crippen molar-refractivity contribution in [2.45, 2.75) is 26.9 Å². The Bertz CT molecular complexity index is 640. The molecule has 1 aromatic carbocycles. The van der Waals surface area contributed by atoms with Crippen molar-refractivity contribution < 1.29 is 13.2 Å². The Morgan fingerprint density at radius 2 is 2.00 bits per heavy atom. The molecule has 0 saturated carbocycles. The molecule has 108 valence electrons. The van der Waals surface area contributed by atoms with Crippen molar-refractivity contribution in [1.29, 1.82) is 0 Å². The van der Waals surface area contributed by atoms with E-state index in [0.29, 0.717) is 12.6 Å². The van der Waals surface area contributed by atoms with Gasteiger partial charge in [0.15, 0.2) is 11.6 Å². The van der Waals surface area contributed by atoms with E-state index in [0.717, 1.165) is 21.9 Å². The normalized spacial score (nSPS) is 10.9. The Kier molecular flexibility index (Phi) is 4.37. The van der Waals surface area contributed by atoms with Gasteiger partial charge in [-0.2, -0.15) is 5.10 Å². The van der Waals surface area contributed by atoms with E-state index >= 15 is 0 Å². The van der Waals surface area contributed by atoms with Gasteiger partial charge in [-0.15, -0.1) is 0 Å². The minimum absolute atomic E-state index is 0.203. The number of hydrogen-bond donors (Lipinski definition) is 1. The molecule has 1 N–H and O–H groups in total. The first kappa shape index (κ1) is 14.9. The predicted molar refractivity (Wildman–Crippen MR) is 74.0 cm³/mol. The first-order valence-corrected chi connectivity index (χ1v) is 6.83. The molecule has 2 aromatic rings. The molecule has 1 heterocycles. The maximum absolute atomic E-state index is 13.5. The molecule has 0 spiro atoms. The van der Waals surface area contributed by atoms with Crippen LogP contribution in [0.25, 0.3) is 0 Å². The molecule has 0 aliphatic carbocycles. The van der Waals surface area contributed by atoms with Crippen LogP contribution in [0.2, 0.25) is 0 Å². The number of halogens is 4. The molecular weight excluding hydrogens is 335 g/mol. The SMILES string of the molecule is CCn1nc(C)c(Br)c1CNc1cc(F)cc(F)c1F. The molecule has 0 bridgehead atoms. The van der Waals surface area contributed by atoms with Gasteiger partial charge in [0.1, 0.15) is 5.82 Å². The average molecular weight is 348 g/mol. The quantitative estimate of drug-likeness (QED) is 0.847. The molecule has 0 unspecified atom stereocenters.